The summed E-state index contributed by atoms with van der Waals surface area (Å²) < 4.78 is 27.3. The van der Waals surface area contributed by atoms with Gasteiger partial charge in [0.05, 0.1) is 11.7 Å². The summed E-state index contributed by atoms with van der Waals surface area (Å²) in [6, 6.07) is 6.19. The van der Waals surface area contributed by atoms with E-state index < -0.39 is 11.4 Å². The van der Waals surface area contributed by atoms with Crippen molar-refractivity contribution in [1.29, 1.82) is 0 Å². The van der Waals surface area contributed by atoms with Crippen molar-refractivity contribution in [2.24, 2.45) is 5.73 Å². The molecule has 1 heterocycles. The Bertz CT molecular complexity index is 580. The molecule has 1 atom stereocenters. The summed E-state index contributed by atoms with van der Waals surface area (Å²) in [5, 5.41) is 0. The van der Waals surface area contributed by atoms with Gasteiger partial charge in [-0.15, -0.1) is 0 Å². The lowest BCUT2D eigenvalue weighted by Gasteiger charge is -2.26. The summed E-state index contributed by atoms with van der Waals surface area (Å²) >= 11 is 0. The van der Waals surface area contributed by atoms with Crippen LogP contribution in [0.2, 0.25) is 0 Å². The number of aryl methyl sites for hydroxylation is 1. The van der Waals surface area contributed by atoms with Gasteiger partial charge in [0.1, 0.15) is 11.6 Å². The van der Waals surface area contributed by atoms with Gasteiger partial charge in [-0.25, -0.2) is 8.78 Å². The van der Waals surface area contributed by atoms with Crippen LogP contribution in [0.5, 0.6) is 0 Å². The molecule has 0 radical (unpaired) electrons. The number of hydrogen-bond donors (Lipinski definition) is 1. The molecule has 94 valence electrons. The maximum Gasteiger partial charge on any atom is 0.146 e. The number of aromatic nitrogens is 1. The lowest BCUT2D eigenvalue weighted by Crippen LogP contribution is -2.35. The highest BCUT2D eigenvalue weighted by molar-refractivity contribution is 5.38. The van der Waals surface area contributed by atoms with Gasteiger partial charge in [0.25, 0.3) is 0 Å². The van der Waals surface area contributed by atoms with Crippen LogP contribution in [0.1, 0.15) is 23.6 Å². The molecular formula is C14H14F2N2. The largest absolute Gasteiger partial charge is 0.318 e. The van der Waals surface area contributed by atoms with Crippen molar-refractivity contribution in [3.05, 3.63) is 65.0 Å². The quantitative estimate of drug-likeness (QED) is 0.887. The Morgan fingerprint density at radius 2 is 1.89 bits per heavy atom. The first-order chi connectivity index (χ1) is 8.43. The number of hydrogen-bond acceptors (Lipinski definition) is 2. The van der Waals surface area contributed by atoms with Gasteiger partial charge in [-0.05, 0) is 37.1 Å². The zero-order valence-electron chi connectivity index (χ0n) is 10.2. The van der Waals surface area contributed by atoms with Crippen LogP contribution < -0.4 is 5.73 Å². The van der Waals surface area contributed by atoms with Crippen LogP contribution in [0.4, 0.5) is 8.78 Å². The second-order valence-corrected chi connectivity index (χ2v) is 4.52. The molecule has 2 aromatic rings. The molecule has 0 saturated carbocycles. The van der Waals surface area contributed by atoms with E-state index in [1.165, 1.54) is 18.3 Å². The third-order valence-corrected chi connectivity index (χ3v) is 3.10. The summed E-state index contributed by atoms with van der Waals surface area (Å²) in [5.74, 6) is -0.845. The summed E-state index contributed by atoms with van der Waals surface area (Å²) in [7, 11) is 0. The molecule has 1 aromatic heterocycles. The second-order valence-electron chi connectivity index (χ2n) is 4.52. The van der Waals surface area contributed by atoms with E-state index in [0.29, 0.717) is 16.7 Å². The highest BCUT2D eigenvalue weighted by atomic mass is 19.1. The molecule has 0 aliphatic carbocycles. The Hall–Kier alpha value is -1.81. The molecule has 0 fully saturated rings. The molecule has 0 aliphatic rings. The highest BCUT2D eigenvalue weighted by Crippen LogP contribution is 2.28. The van der Waals surface area contributed by atoms with Crippen LogP contribution in [0, 0.1) is 18.6 Å². The van der Waals surface area contributed by atoms with E-state index in [1.807, 2.05) is 0 Å². The smallest absolute Gasteiger partial charge is 0.146 e. The number of rotatable bonds is 2. The molecule has 0 saturated heterocycles. The predicted octanol–water partition coefficient (Wildman–Crippen LogP) is 2.89. The van der Waals surface area contributed by atoms with Crippen LogP contribution in [0.25, 0.3) is 0 Å². The molecule has 2 N–H and O–H groups in total. The molecule has 1 aromatic carbocycles. The Labute approximate surface area is 104 Å². The Morgan fingerprint density at radius 1 is 1.17 bits per heavy atom. The van der Waals surface area contributed by atoms with E-state index in [9.17, 15) is 8.78 Å². The summed E-state index contributed by atoms with van der Waals surface area (Å²) in [4.78, 5) is 3.68. The minimum atomic E-state index is -1.10. The van der Waals surface area contributed by atoms with Gasteiger partial charge < -0.3 is 5.73 Å². The Morgan fingerprint density at radius 3 is 2.50 bits per heavy atom. The molecule has 2 nitrogen and oxygen atoms in total. The van der Waals surface area contributed by atoms with Crippen molar-refractivity contribution in [2.45, 2.75) is 19.4 Å². The second kappa shape index (κ2) is 4.46. The summed E-state index contributed by atoms with van der Waals surface area (Å²) in [6.45, 7) is 3.31. The van der Waals surface area contributed by atoms with E-state index in [2.05, 4.69) is 4.98 Å². The monoisotopic (exact) mass is 248 g/mol. The van der Waals surface area contributed by atoms with E-state index in [4.69, 9.17) is 5.73 Å². The number of benzene rings is 1. The molecule has 4 heteroatoms. The van der Waals surface area contributed by atoms with Crippen LogP contribution >= 0.6 is 0 Å². The normalized spacial score (nSPS) is 14.3. The van der Waals surface area contributed by atoms with Crippen molar-refractivity contribution in [3.8, 4) is 0 Å². The number of halogens is 2. The molecule has 1 unspecified atom stereocenters. The van der Waals surface area contributed by atoms with E-state index >= 15 is 0 Å². The van der Waals surface area contributed by atoms with Crippen molar-refractivity contribution in [2.75, 3.05) is 0 Å². The first-order valence-corrected chi connectivity index (χ1v) is 5.58. The van der Waals surface area contributed by atoms with Crippen LogP contribution in [-0.4, -0.2) is 4.98 Å². The summed E-state index contributed by atoms with van der Waals surface area (Å²) in [5.41, 5.74) is 6.40. The van der Waals surface area contributed by atoms with Crippen LogP contribution in [0.15, 0.2) is 36.7 Å². The zero-order chi connectivity index (χ0) is 13.3. The van der Waals surface area contributed by atoms with Crippen molar-refractivity contribution < 1.29 is 8.78 Å². The zero-order valence-corrected chi connectivity index (χ0v) is 10.2. The first-order valence-electron chi connectivity index (χ1n) is 5.58. The van der Waals surface area contributed by atoms with Crippen molar-refractivity contribution >= 4 is 0 Å². The average molecular weight is 248 g/mol. The molecule has 0 aliphatic heterocycles. The minimum Gasteiger partial charge on any atom is -0.318 e. The molecule has 2 rings (SSSR count). The molecule has 0 spiro atoms. The fourth-order valence-corrected chi connectivity index (χ4v) is 1.87. The number of pyridine rings is 1. The van der Waals surface area contributed by atoms with Gasteiger partial charge >= 0.3 is 0 Å². The molecule has 0 bridgehead atoms. The lowest BCUT2D eigenvalue weighted by molar-refractivity contribution is 0.521. The third-order valence-electron chi connectivity index (χ3n) is 3.10. The van der Waals surface area contributed by atoms with Gasteiger partial charge in [-0.2, -0.15) is 0 Å². The third kappa shape index (κ3) is 2.11. The van der Waals surface area contributed by atoms with Gasteiger partial charge in [-0.3, -0.25) is 4.98 Å². The standard InChI is InChI=1S/C14H14F2N2/c1-9-3-4-10(7-12(9)15)14(2,17)11-5-6-18-8-13(11)16/h3-8H,17H2,1-2H3. The topological polar surface area (TPSA) is 38.9 Å². The first kappa shape index (κ1) is 12.6. The van der Waals surface area contributed by atoms with E-state index in [0.717, 1.165) is 6.20 Å². The lowest BCUT2D eigenvalue weighted by atomic mass is 9.85. The van der Waals surface area contributed by atoms with E-state index in [-0.39, 0.29) is 5.82 Å². The van der Waals surface area contributed by atoms with Gasteiger partial charge in [0, 0.05) is 11.8 Å². The molecular weight excluding hydrogens is 234 g/mol. The molecule has 18 heavy (non-hydrogen) atoms. The van der Waals surface area contributed by atoms with Crippen molar-refractivity contribution in [3.63, 3.8) is 0 Å². The van der Waals surface area contributed by atoms with Crippen LogP contribution in [0.3, 0.4) is 0 Å². The number of nitrogens with zero attached hydrogens (tertiary/aromatic N) is 1. The maximum absolute atomic E-state index is 13.7. The fraction of sp³-hybridized carbons (Fsp3) is 0.214. The minimum absolute atomic E-state index is 0.292. The van der Waals surface area contributed by atoms with Crippen LogP contribution in [-0.2, 0) is 5.54 Å². The predicted molar refractivity (Wildman–Crippen MR) is 66.0 cm³/mol. The van der Waals surface area contributed by atoms with Gasteiger partial charge in [0.15, 0.2) is 0 Å². The fourth-order valence-electron chi connectivity index (χ4n) is 1.87. The Balaban J connectivity index is 2.54. The van der Waals surface area contributed by atoms with Crippen molar-refractivity contribution in [1.82, 2.24) is 4.98 Å². The summed E-state index contributed by atoms with van der Waals surface area (Å²) in [6.07, 6.45) is 2.57. The van der Waals surface area contributed by atoms with E-state index in [1.54, 1.807) is 26.0 Å². The SMILES string of the molecule is Cc1ccc(C(C)(N)c2ccncc2F)cc1F. The highest BCUT2D eigenvalue weighted by Gasteiger charge is 2.27. The average Bonchev–Trinajstić information content (AvgIpc) is 2.33. The van der Waals surface area contributed by atoms with Gasteiger partial charge in [0.2, 0.25) is 0 Å². The molecule has 0 amide bonds. The number of nitrogens with two attached hydrogens (primary N) is 1. The maximum atomic E-state index is 13.7. The van der Waals surface area contributed by atoms with Gasteiger partial charge in [-0.1, -0.05) is 12.1 Å². The Kier molecular flexibility index (Phi) is 3.13.